The Bertz CT molecular complexity index is 630. The minimum absolute atomic E-state index is 0.0486. The monoisotopic (exact) mass is 339 g/mol. The van der Waals surface area contributed by atoms with Crippen molar-refractivity contribution < 1.29 is 0 Å². The van der Waals surface area contributed by atoms with Crippen LogP contribution in [0.25, 0.3) is 10.6 Å². The van der Waals surface area contributed by atoms with Gasteiger partial charge in [-0.15, -0.1) is 11.3 Å². The summed E-state index contributed by atoms with van der Waals surface area (Å²) in [5.74, 6) is 0.831. The number of nitrogen functional groups attached to an aromatic ring is 1. The molecule has 0 fully saturated rings. The zero-order valence-corrected chi connectivity index (χ0v) is 12.6. The predicted molar refractivity (Wildman–Crippen MR) is 82.0 cm³/mol. The molecule has 1 aliphatic heterocycles. The lowest BCUT2D eigenvalue weighted by molar-refractivity contribution is 0.781. The van der Waals surface area contributed by atoms with Crippen molar-refractivity contribution in [3.63, 3.8) is 0 Å². The van der Waals surface area contributed by atoms with Gasteiger partial charge in [0.25, 0.3) is 0 Å². The zero-order chi connectivity index (χ0) is 13.4. The van der Waals surface area contributed by atoms with Crippen molar-refractivity contribution in [3.05, 3.63) is 21.5 Å². The summed E-state index contributed by atoms with van der Waals surface area (Å²) < 4.78 is 2.58. The molecule has 3 rings (SSSR count). The van der Waals surface area contributed by atoms with Crippen molar-refractivity contribution in [3.8, 4) is 10.6 Å². The van der Waals surface area contributed by atoms with Crippen molar-refractivity contribution in [1.29, 1.82) is 5.41 Å². The average Bonchev–Trinajstić information content (AvgIpc) is 2.86. The molecule has 1 aliphatic rings. The maximum absolute atomic E-state index is 7.66. The highest BCUT2D eigenvalue weighted by atomic mass is 79.9. The summed E-state index contributed by atoms with van der Waals surface area (Å²) in [7, 11) is 0. The minimum atomic E-state index is -0.0486. The lowest BCUT2D eigenvalue weighted by Gasteiger charge is -2.06. The van der Waals surface area contributed by atoms with Gasteiger partial charge in [0.05, 0.1) is 8.66 Å². The molecule has 0 aromatic carbocycles. The van der Waals surface area contributed by atoms with Crippen LogP contribution in [0.4, 0.5) is 5.82 Å². The summed E-state index contributed by atoms with van der Waals surface area (Å²) >= 11 is 5.13. The van der Waals surface area contributed by atoms with Gasteiger partial charge in [-0.05, 0) is 47.3 Å². The fourth-order valence-corrected chi connectivity index (χ4v) is 3.71. The first-order chi connectivity index (χ1) is 9.16. The van der Waals surface area contributed by atoms with E-state index in [2.05, 4.69) is 26.3 Å². The molecule has 5 nitrogen and oxygen atoms in total. The largest absolute Gasteiger partial charge is 0.370 e. The van der Waals surface area contributed by atoms with Gasteiger partial charge < -0.3 is 11.1 Å². The van der Waals surface area contributed by atoms with Crippen molar-refractivity contribution in [2.45, 2.75) is 19.3 Å². The van der Waals surface area contributed by atoms with Gasteiger partial charge in [0, 0.05) is 12.1 Å². The molecule has 19 heavy (non-hydrogen) atoms. The zero-order valence-electron chi connectivity index (χ0n) is 10.2. The molecule has 2 aromatic heterocycles. The molecule has 0 radical (unpaired) electrons. The first kappa shape index (κ1) is 12.7. The molecule has 3 heterocycles. The molecule has 4 N–H and O–H groups in total. The number of nitrogens with zero attached hydrogens (tertiary/aromatic N) is 2. The Morgan fingerprint density at radius 1 is 1.47 bits per heavy atom. The Labute approximate surface area is 123 Å². The first-order valence-corrected chi connectivity index (χ1v) is 7.73. The number of halogens is 1. The van der Waals surface area contributed by atoms with Gasteiger partial charge in [-0.1, -0.05) is 0 Å². The normalized spacial score (nSPS) is 14.6. The fraction of sp³-hybridized carbons (Fsp3) is 0.333. The second-order valence-electron chi connectivity index (χ2n) is 4.46. The molecule has 0 unspecified atom stereocenters. The number of hydrogen-bond acceptors (Lipinski definition) is 4. The van der Waals surface area contributed by atoms with E-state index in [4.69, 9.17) is 11.1 Å². The number of hydrogen-bond donors (Lipinski definition) is 3. The fourth-order valence-electron chi connectivity index (χ4n) is 2.32. The van der Waals surface area contributed by atoms with Gasteiger partial charge in [-0.2, -0.15) is 9.78 Å². The van der Waals surface area contributed by atoms with Gasteiger partial charge in [0.2, 0.25) is 5.96 Å². The summed E-state index contributed by atoms with van der Waals surface area (Å²) in [5, 5.41) is 15.5. The van der Waals surface area contributed by atoms with Crippen LogP contribution in [-0.4, -0.2) is 22.3 Å². The maximum Gasteiger partial charge on any atom is 0.215 e. The van der Waals surface area contributed by atoms with Crippen LogP contribution in [0.2, 0.25) is 0 Å². The molecular weight excluding hydrogens is 326 g/mol. The SMILES string of the molecule is N=C(N)n1nc(-c2ccc(Br)s2)c2c1NCCCC2. The third-order valence-electron chi connectivity index (χ3n) is 3.16. The van der Waals surface area contributed by atoms with E-state index < -0.39 is 0 Å². The van der Waals surface area contributed by atoms with Gasteiger partial charge >= 0.3 is 0 Å². The summed E-state index contributed by atoms with van der Waals surface area (Å²) in [6, 6.07) is 4.07. The smallest absolute Gasteiger partial charge is 0.215 e. The Hall–Kier alpha value is -1.34. The van der Waals surface area contributed by atoms with E-state index in [-0.39, 0.29) is 5.96 Å². The molecule has 0 saturated carbocycles. The molecule has 2 aromatic rings. The predicted octanol–water partition coefficient (Wildman–Crippen LogP) is 2.86. The number of nitrogens with one attached hydrogen (secondary N) is 2. The van der Waals surface area contributed by atoms with Crippen LogP contribution in [0.3, 0.4) is 0 Å². The quantitative estimate of drug-likeness (QED) is 0.552. The summed E-state index contributed by atoms with van der Waals surface area (Å²) in [5.41, 5.74) is 7.73. The lowest BCUT2D eigenvalue weighted by atomic mass is 10.1. The van der Waals surface area contributed by atoms with E-state index in [0.29, 0.717) is 0 Å². The minimum Gasteiger partial charge on any atom is -0.370 e. The standard InChI is InChI=1S/C12H14BrN5S/c13-9-5-4-8(19-9)10-7-3-1-2-6-16-11(7)18(17-10)12(14)15/h4-5,16H,1-3,6H2,(H3,14,15). The van der Waals surface area contributed by atoms with E-state index in [1.54, 1.807) is 11.3 Å². The van der Waals surface area contributed by atoms with Crippen LogP contribution in [0.15, 0.2) is 15.9 Å². The molecule has 100 valence electrons. The van der Waals surface area contributed by atoms with Crippen LogP contribution >= 0.6 is 27.3 Å². The topological polar surface area (TPSA) is 79.7 Å². The van der Waals surface area contributed by atoms with Crippen molar-refractivity contribution in [1.82, 2.24) is 9.78 Å². The number of rotatable bonds is 1. The third kappa shape index (κ3) is 2.28. The van der Waals surface area contributed by atoms with Gasteiger partial charge in [0.1, 0.15) is 11.5 Å². The molecular formula is C12H14BrN5S. The second kappa shape index (κ2) is 4.97. The van der Waals surface area contributed by atoms with E-state index in [0.717, 1.165) is 46.0 Å². The molecule has 0 aliphatic carbocycles. The number of fused-ring (bicyclic) bond motifs is 1. The Morgan fingerprint density at radius 3 is 3.00 bits per heavy atom. The molecule has 7 heteroatoms. The highest BCUT2D eigenvalue weighted by Gasteiger charge is 2.22. The second-order valence-corrected chi connectivity index (χ2v) is 6.92. The number of thiophene rings is 1. The van der Waals surface area contributed by atoms with Crippen LogP contribution in [-0.2, 0) is 6.42 Å². The van der Waals surface area contributed by atoms with Crippen molar-refractivity contribution in [2.24, 2.45) is 5.73 Å². The van der Waals surface area contributed by atoms with E-state index in [1.165, 1.54) is 10.2 Å². The first-order valence-electron chi connectivity index (χ1n) is 6.12. The van der Waals surface area contributed by atoms with Crippen LogP contribution in [0.5, 0.6) is 0 Å². The van der Waals surface area contributed by atoms with Crippen molar-refractivity contribution >= 4 is 39.0 Å². The van der Waals surface area contributed by atoms with E-state index >= 15 is 0 Å². The highest BCUT2D eigenvalue weighted by Crippen LogP contribution is 2.36. The van der Waals surface area contributed by atoms with Gasteiger partial charge in [-0.25, -0.2) is 0 Å². The highest BCUT2D eigenvalue weighted by molar-refractivity contribution is 9.11. The Morgan fingerprint density at radius 2 is 2.32 bits per heavy atom. The van der Waals surface area contributed by atoms with Crippen LogP contribution < -0.4 is 11.1 Å². The summed E-state index contributed by atoms with van der Waals surface area (Å²) in [4.78, 5) is 1.10. The number of anilines is 1. The Kier molecular flexibility index (Phi) is 3.32. The van der Waals surface area contributed by atoms with Gasteiger partial charge in [-0.3, -0.25) is 5.41 Å². The average molecular weight is 340 g/mol. The molecule has 0 atom stereocenters. The maximum atomic E-state index is 7.66. The number of aromatic nitrogens is 2. The molecule has 0 amide bonds. The van der Waals surface area contributed by atoms with E-state index in [9.17, 15) is 0 Å². The van der Waals surface area contributed by atoms with Crippen LogP contribution in [0, 0.1) is 5.41 Å². The molecule has 0 saturated heterocycles. The lowest BCUT2D eigenvalue weighted by Crippen LogP contribution is -2.24. The van der Waals surface area contributed by atoms with Crippen molar-refractivity contribution in [2.75, 3.05) is 11.9 Å². The Balaban J connectivity index is 2.16. The summed E-state index contributed by atoms with van der Waals surface area (Å²) in [6.07, 6.45) is 3.23. The molecule has 0 bridgehead atoms. The number of nitrogens with two attached hydrogens (primary N) is 1. The molecule has 0 spiro atoms. The van der Waals surface area contributed by atoms with E-state index in [1.807, 2.05) is 12.1 Å². The van der Waals surface area contributed by atoms with Crippen LogP contribution in [0.1, 0.15) is 18.4 Å². The third-order valence-corrected chi connectivity index (χ3v) is 4.79. The summed E-state index contributed by atoms with van der Waals surface area (Å²) in [6.45, 7) is 0.902. The van der Waals surface area contributed by atoms with Gasteiger partial charge in [0.15, 0.2) is 0 Å².